The third-order valence-corrected chi connectivity index (χ3v) is 2.51. The normalized spacial score (nSPS) is 9.89. The SMILES string of the molecule is CCN(CC(N)=O)C(=O)c1cc(OC)ccc1N. The van der Waals surface area contributed by atoms with Crippen molar-refractivity contribution >= 4 is 17.5 Å². The van der Waals surface area contributed by atoms with E-state index in [0.717, 1.165) is 0 Å². The predicted octanol–water partition coefficient (Wildman–Crippen LogP) is 0.225. The number of carbonyl (C=O) groups excluding carboxylic acids is 2. The van der Waals surface area contributed by atoms with E-state index in [1.165, 1.54) is 12.0 Å². The van der Waals surface area contributed by atoms with Gasteiger partial charge in [-0.05, 0) is 25.1 Å². The van der Waals surface area contributed by atoms with Crippen molar-refractivity contribution in [2.75, 3.05) is 25.9 Å². The summed E-state index contributed by atoms with van der Waals surface area (Å²) in [6, 6.07) is 4.79. The highest BCUT2D eigenvalue weighted by Gasteiger charge is 2.18. The molecule has 0 saturated heterocycles. The number of carbonyl (C=O) groups is 2. The summed E-state index contributed by atoms with van der Waals surface area (Å²) in [5, 5.41) is 0. The molecule has 0 aliphatic carbocycles. The van der Waals surface area contributed by atoms with Gasteiger partial charge in [0.05, 0.1) is 19.2 Å². The van der Waals surface area contributed by atoms with Crippen LogP contribution in [0.5, 0.6) is 5.75 Å². The van der Waals surface area contributed by atoms with Gasteiger partial charge in [-0.15, -0.1) is 0 Å². The first kappa shape index (κ1) is 13.8. The summed E-state index contributed by atoms with van der Waals surface area (Å²) in [5.41, 5.74) is 11.5. The van der Waals surface area contributed by atoms with E-state index in [-0.39, 0.29) is 12.5 Å². The van der Waals surface area contributed by atoms with Crippen LogP contribution in [0.15, 0.2) is 18.2 Å². The highest BCUT2D eigenvalue weighted by molar-refractivity contribution is 6.01. The fourth-order valence-corrected chi connectivity index (χ4v) is 1.53. The Morgan fingerprint density at radius 1 is 1.39 bits per heavy atom. The summed E-state index contributed by atoms with van der Waals surface area (Å²) in [6.45, 7) is 2.00. The number of nitrogens with two attached hydrogens (primary N) is 2. The van der Waals surface area contributed by atoms with Gasteiger partial charge in [0.2, 0.25) is 5.91 Å². The quantitative estimate of drug-likeness (QED) is 0.731. The summed E-state index contributed by atoms with van der Waals surface area (Å²) >= 11 is 0. The lowest BCUT2D eigenvalue weighted by molar-refractivity contribution is -0.118. The van der Waals surface area contributed by atoms with E-state index in [1.54, 1.807) is 25.1 Å². The van der Waals surface area contributed by atoms with Crippen molar-refractivity contribution in [1.82, 2.24) is 4.90 Å². The average molecular weight is 251 g/mol. The highest BCUT2D eigenvalue weighted by atomic mass is 16.5. The number of nitrogens with zero attached hydrogens (tertiary/aromatic N) is 1. The molecule has 0 atom stereocenters. The monoisotopic (exact) mass is 251 g/mol. The predicted molar refractivity (Wildman–Crippen MR) is 68.2 cm³/mol. The number of hydrogen-bond acceptors (Lipinski definition) is 4. The zero-order valence-corrected chi connectivity index (χ0v) is 10.5. The number of likely N-dealkylation sites (N-methyl/N-ethyl adjacent to an activating group) is 1. The zero-order valence-electron chi connectivity index (χ0n) is 10.5. The highest BCUT2D eigenvalue weighted by Crippen LogP contribution is 2.20. The molecule has 6 heteroatoms. The van der Waals surface area contributed by atoms with Crippen LogP contribution in [0.1, 0.15) is 17.3 Å². The molecule has 0 aromatic heterocycles. The first-order valence-electron chi connectivity index (χ1n) is 5.50. The van der Waals surface area contributed by atoms with Crippen LogP contribution in [0, 0.1) is 0 Å². The Bertz CT molecular complexity index is 460. The number of anilines is 1. The summed E-state index contributed by atoms with van der Waals surface area (Å²) < 4.78 is 5.04. The first-order chi connectivity index (χ1) is 8.49. The molecular formula is C12H17N3O3. The number of benzene rings is 1. The van der Waals surface area contributed by atoms with Crippen molar-refractivity contribution in [1.29, 1.82) is 0 Å². The summed E-state index contributed by atoms with van der Waals surface area (Å²) in [5.74, 6) is -0.373. The lowest BCUT2D eigenvalue weighted by atomic mass is 10.1. The molecule has 6 nitrogen and oxygen atoms in total. The molecule has 0 spiro atoms. The fourth-order valence-electron chi connectivity index (χ4n) is 1.53. The largest absolute Gasteiger partial charge is 0.497 e. The van der Waals surface area contributed by atoms with Gasteiger partial charge < -0.3 is 21.1 Å². The van der Waals surface area contributed by atoms with Crippen molar-refractivity contribution in [2.45, 2.75) is 6.92 Å². The lowest BCUT2D eigenvalue weighted by Crippen LogP contribution is -2.38. The Morgan fingerprint density at radius 2 is 2.06 bits per heavy atom. The average Bonchev–Trinajstić information content (AvgIpc) is 2.35. The minimum Gasteiger partial charge on any atom is -0.497 e. The van der Waals surface area contributed by atoms with E-state index in [4.69, 9.17) is 16.2 Å². The Kier molecular flexibility index (Phi) is 4.53. The van der Waals surface area contributed by atoms with Crippen molar-refractivity contribution in [3.8, 4) is 5.75 Å². The van der Waals surface area contributed by atoms with E-state index in [0.29, 0.717) is 23.5 Å². The van der Waals surface area contributed by atoms with Crippen LogP contribution in [0.4, 0.5) is 5.69 Å². The van der Waals surface area contributed by atoms with Crippen LogP contribution in [-0.2, 0) is 4.79 Å². The molecule has 1 aromatic carbocycles. The van der Waals surface area contributed by atoms with Gasteiger partial charge in [-0.3, -0.25) is 9.59 Å². The van der Waals surface area contributed by atoms with E-state index in [1.807, 2.05) is 0 Å². The third kappa shape index (κ3) is 3.13. The Morgan fingerprint density at radius 3 is 2.56 bits per heavy atom. The molecule has 98 valence electrons. The van der Waals surface area contributed by atoms with E-state index in [9.17, 15) is 9.59 Å². The van der Waals surface area contributed by atoms with Gasteiger partial charge >= 0.3 is 0 Å². The molecule has 2 amide bonds. The van der Waals surface area contributed by atoms with Crippen LogP contribution in [0.2, 0.25) is 0 Å². The smallest absolute Gasteiger partial charge is 0.256 e. The number of amides is 2. The summed E-state index contributed by atoms with van der Waals surface area (Å²) in [6.07, 6.45) is 0. The summed E-state index contributed by atoms with van der Waals surface area (Å²) in [4.78, 5) is 24.4. The third-order valence-electron chi connectivity index (χ3n) is 2.51. The molecule has 18 heavy (non-hydrogen) atoms. The van der Waals surface area contributed by atoms with Crippen LogP contribution >= 0.6 is 0 Å². The molecule has 0 aliphatic heterocycles. The fraction of sp³-hybridized carbons (Fsp3) is 0.333. The van der Waals surface area contributed by atoms with Crippen molar-refractivity contribution in [2.24, 2.45) is 5.73 Å². The van der Waals surface area contributed by atoms with Crippen molar-refractivity contribution in [3.05, 3.63) is 23.8 Å². The van der Waals surface area contributed by atoms with Gasteiger partial charge in [-0.1, -0.05) is 0 Å². The van der Waals surface area contributed by atoms with Gasteiger partial charge in [0.15, 0.2) is 0 Å². The standard InChI is InChI=1S/C12H17N3O3/c1-3-15(7-11(14)16)12(17)9-6-8(18-2)4-5-10(9)13/h4-6H,3,7,13H2,1-2H3,(H2,14,16). The maximum absolute atomic E-state index is 12.2. The second-order valence-corrected chi connectivity index (χ2v) is 3.74. The van der Waals surface area contributed by atoms with Gasteiger partial charge in [0.25, 0.3) is 5.91 Å². The molecule has 0 fully saturated rings. The lowest BCUT2D eigenvalue weighted by Gasteiger charge is -2.20. The van der Waals surface area contributed by atoms with Crippen molar-refractivity contribution < 1.29 is 14.3 Å². The second kappa shape index (κ2) is 5.90. The molecule has 0 saturated carbocycles. The number of ether oxygens (including phenoxy) is 1. The number of methoxy groups -OCH3 is 1. The molecule has 1 aromatic rings. The van der Waals surface area contributed by atoms with Crippen LogP contribution in [0.3, 0.4) is 0 Å². The molecular weight excluding hydrogens is 234 g/mol. The van der Waals surface area contributed by atoms with Crippen molar-refractivity contribution in [3.63, 3.8) is 0 Å². The Hall–Kier alpha value is -2.24. The Balaban J connectivity index is 3.04. The van der Waals surface area contributed by atoms with Gasteiger partial charge in [-0.25, -0.2) is 0 Å². The molecule has 4 N–H and O–H groups in total. The molecule has 0 radical (unpaired) electrons. The number of rotatable bonds is 5. The molecule has 0 bridgehead atoms. The van der Waals surface area contributed by atoms with E-state index in [2.05, 4.69) is 0 Å². The number of hydrogen-bond donors (Lipinski definition) is 2. The number of nitrogen functional groups attached to an aromatic ring is 1. The van der Waals surface area contributed by atoms with E-state index >= 15 is 0 Å². The van der Waals surface area contributed by atoms with Gasteiger partial charge in [0, 0.05) is 12.2 Å². The molecule has 0 aliphatic rings. The minimum absolute atomic E-state index is 0.133. The molecule has 0 unspecified atom stereocenters. The molecule has 1 rings (SSSR count). The van der Waals surface area contributed by atoms with Gasteiger partial charge in [0.1, 0.15) is 5.75 Å². The molecule has 0 heterocycles. The zero-order chi connectivity index (χ0) is 13.7. The second-order valence-electron chi connectivity index (χ2n) is 3.74. The van der Waals surface area contributed by atoms with E-state index < -0.39 is 5.91 Å². The maximum Gasteiger partial charge on any atom is 0.256 e. The minimum atomic E-state index is -0.563. The van der Waals surface area contributed by atoms with Crippen LogP contribution in [-0.4, -0.2) is 36.9 Å². The van der Waals surface area contributed by atoms with Crippen LogP contribution in [0.25, 0.3) is 0 Å². The first-order valence-corrected chi connectivity index (χ1v) is 5.50. The number of primary amides is 1. The van der Waals surface area contributed by atoms with Crippen LogP contribution < -0.4 is 16.2 Å². The van der Waals surface area contributed by atoms with Gasteiger partial charge in [-0.2, -0.15) is 0 Å². The summed E-state index contributed by atoms with van der Waals surface area (Å²) in [7, 11) is 1.50. The topological polar surface area (TPSA) is 98.6 Å². The Labute approximate surface area is 105 Å². The maximum atomic E-state index is 12.2.